The maximum Gasteiger partial charge on any atom is 0.212 e. The van der Waals surface area contributed by atoms with Crippen LogP contribution in [0.1, 0.15) is 20.8 Å². The molecular formula is C10H17NO. The first-order chi connectivity index (χ1) is 5.63. The van der Waals surface area contributed by atoms with Crippen LogP contribution in [0.3, 0.4) is 0 Å². The Morgan fingerprint density at radius 1 is 1.50 bits per heavy atom. The molecule has 0 fully saturated rings. The predicted molar refractivity (Wildman–Crippen MR) is 53.2 cm³/mol. The van der Waals surface area contributed by atoms with Gasteiger partial charge in [-0.25, -0.2) is 4.99 Å². The van der Waals surface area contributed by atoms with E-state index in [-0.39, 0.29) is 0 Å². The van der Waals surface area contributed by atoms with E-state index in [2.05, 4.69) is 25.4 Å². The van der Waals surface area contributed by atoms with Crippen LogP contribution in [0, 0.1) is 5.92 Å². The molecule has 0 heterocycles. The molecular weight excluding hydrogens is 150 g/mol. The van der Waals surface area contributed by atoms with Gasteiger partial charge in [-0.1, -0.05) is 26.5 Å². The fourth-order valence-corrected chi connectivity index (χ4v) is 0.683. The zero-order valence-corrected chi connectivity index (χ0v) is 8.29. The van der Waals surface area contributed by atoms with Crippen molar-refractivity contribution in [3.63, 3.8) is 0 Å². The van der Waals surface area contributed by atoms with Crippen molar-refractivity contribution >= 4 is 6.21 Å². The molecule has 12 heavy (non-hydrogen) atoms. The first-order valence-corrected chi connectivity index (χ1v) is 4.03. The summed E-state index contributed by atoms with van der Waals surface area (Å²) in [6.07, 6.45) is 3.26. The Morgan fingerprint density at radius 3 is 2.42 bits per heavy atom. The van der Waals surface area contributed by atoms with Crippen LogP contribution in [-0.4, -0.2) is 13.3 Å². The highest BCUT2D eigenvalue weighted by Gasteiger charge is 2.03. The normalized spacial score (nSPS) is 13.4. The number of ether oxygens (including phenoxy) is 1. The molecule has 0 rings (SSSR count). The van der Waals surface area contributed by atoms with E-state index in [0.717, 1.165) is 5.57 Å². The lowest BCUT2D eigenvalue weighted by molar-refractivity contribution is 0.280. The average molecular weight is 167 g/mol. The summed E-state index contributed by atoms with van der Waals surface area (Å²) in [5, 5.41) is 0. The van der Waals surface area contributed by atoms with Crippen LogP contribution in [-0.2, 0) is 4.74 Å². The first-order valence-electron chi connectivity index (χ1n) is 4.03. The second kappa shape index (κ2) is 5.58. The van der Waals surface area contributed by atoms with Gasteiger partial charge in [-0.05, 0) is 18.4 Å². The van der Waals surface area contributed by atoms with Gasteiger partial charge in [0, 0.05) is 6.21 Å². The Bertz CT molecular complexity index is 202. The zero-order chi connectivity index (χ0) is 9.56. The van der Waals surface area contributed by atoms with Crippen LogP contribution in [0.5, 0.6) is 0 Å². The van der Waals surface area contributed by atoms with E-state index in [1.54, 1.807) is 19.4 Å². The van der Waals surface area contributed by atoms with Crippen molar-refractivity contribution in [3.05, 3.63) is 24.1 Å². The smallest absolute Gasteiger partial charge is 0.212 e. The van der Waals surface area contributed by atoms with Gasteiger partial charge in [0.1, 0.15) is 0 Å². The van der Waals surface area contributed by atoms with Crippen molar-refractivity contribution in [2.45, 2.75) is 20.8 Å². The van der Waals surface area contributed by atoms with E-state index < -0.39 is 0 Å². The van der Waals surface area contributed by atoms with Crippen LogP contribution in [0.25, 0.3) is 0 Å². The highest BCUT2D eigenvalue weighted by atomic mass is 16.5. The quantitative estimate of drug-likeness (QED) is 0.466. The molecule has 0 spiro atoms. The predicted octanol–water partition coefficient (Wildman–Crippen LogP) is 2.78. The molecule has 0 saturated heterocycles. The number of aliphatic imine (C=N–C) groups is 1. The number of hydrogen-bond acceptors (Lipinski definition) is 2. The summed E-state index contributed by atoms with van der Waals surface area (Å²) in [6.45, 7) is 9.78. The van der Waals surface area contributed by atoms with Gasteiger partial charge in [0.2, 0.25) is 5.88 Å². The van der Waals surface area contributed by atoms with Gasteiger partial charge in [-0.3, -0.25) is 0 Å². The Labute approximate surface area is 74.7 Å². The van der Waals surface area contributed by atoms with Crippen LogP contribution in [0.2, 0.25) is 0 Å². The Balaban J connectivity index is 4.60. The lowest BCUT2D eigenvalue weighted by Gasteiger charge is -2.08. The molecule has 0 amide bonds. The van der Waals surface area contributed by atoms with Crippen molar-refractivity contribution in [1.82, 2.24) is 0 Å². The highest BCUT2D eigenvalue weighted by Crippen LogP contribution is 2.14. The molecule has 0 aliphatic rings. The maximum absolute atomic E-state index is 5.11. The summed E-state index contributed by atoms with van der Waals surface area (Å²) in [5.74, 6) is 1.15. The molecule has 0 bridgehead atoms. The Morgan fingerprint density at radius 2 is 2.08 bits per heavy atom. The van der Waals surface area contributed by atoms with E-state index in [9.17, 15) is 0 Å². The van der Waals surface area contributed by atoms with Crippen molar-refractivity contribution in [2.75, 3.05) is 7.11 Å². The molecule has 0 aromatic rings. The van der Waals surface area contributed by atoms with E-state index in [0.29, 0.717) is 11.8 Å². The number of allylic oxidation sites excluding steroid dienone is 2. The largest absolute Gasteiger partial charge is 0.481 e. The lowest BCUT2D eigenvalue weighted by atomic mass is 10.1. The minimum absolute atomic E-state index is 0.460. The molecule has 0 atom stereocenters. The standard InChI is InChI=1S/C10H17NO/c1-6-7-11-10(12-5)9(4)8(2)3/h6-8H,1H2,2-5H3/b10-9-,11-7-. The molecule has 0 radical (unpaired) electrons. The zero-order valence-electron chi connectivity index (χ0n) is 8.29. The van der Waals surface area contributed by atoms with Crippen LogP contribution >= 0.6 is 0 Å². The minimum Gasteiger partial charge on any atom is -0.481 e. The van der Waals surface area contributed by atoms with Gasteiger partial charge in [0.15, 0.2) is 0 Å². The van der Waals surface area contributed by atoms with E-state index >= 15 is 0 Å². The third kappa shape index (κ3) is 3.37. The molecule has 0 aromatic heterocycles. The average Bonchev–Trinajstić information content (AvgIpc) is 2.05. The number of nitrogens with zero attached hydrogens (tertiary/aromatic N) is 1. The third-order valence-electron chi connectivity index (χ3n) is 1.69. The second-order valence-electron chi connectivity index (χ2n) is 2.86. The van der Waals surface area contributed by atoms with Crippen molar-refractivity contribution in [1.29, 1.82) is 0 Å². The number of methoxy groups -OCH3 is 1. The summed E-state index contributed by atoms with van der Waals surface area (Å²) in [5.41, 5.74) is 1.15. The summed E-state index contributed by atoms with van der Waals surface area (Å²) in [4.78, 5) is 4.10. The van der Waals surface area contributed by atoms with Crippen molar-refractivity contribution in [3.8, 4) is 0 Å². The first kappa shape index (κ1) is 11.0. The van der Waals surface area contributed by atoms with Gasteiger partial charge < -0.3 is 4.74 Å². The third-order valence-corrected chi connectivity index (χ3v) is 1.69. The fraction of sp³-hybridized carbons (Fsp3) is 0.500. The minimum atomic E-state index is 0.460. The summed E-state index contributed by atoms with van der Waals surface area (Å²) in [6, 6.07) is 0. The Hall–Kier alpha value is -1.05. The molecule has 0 N–H and O–H groups in total. The molecule has 0 saturated carbocycles. The summed E-state index contributed by atoms with van der Waals surface area (Å²) >= 11 is 0. The summed E-state index contributed by atoms with van der Waals surface area (Å²) in [7, 11) is 1.63. The molecule has 68 valence electrons. The monoisotopic (exact) mass is 167 g/mol. The lowest BCUT2D eigenvalue weighted by Crippen LogP contribution is -1.96. The summed E-state index contributed by atoms with van der Waals surface area (Å²) < 4.78 is 5.11. The number of hydrogen-bond donors (Lipinski definition) is 0. The van der Waals surface area contributed by atoms with Crippen LogP contribution in [0.15, 0.2) is 29.1 Å². The highest BCUT2D eigenvalue weighted by molar-refractivity contribution is 5.71. The van der Waals surface area contributed by atoms with Crippen LogP contribution in [0.4, 0.5) is 0 Å². The van der Waals surface area contributed by atoms with Gasteiger partial charge in [-0.2, -0.15) is 0 Å². The fourth-order valence-electron chi connectivity index (χ4n) is 0.683. The van der Waals surface area contributed by atoms with Gasteiger partial charge in [0.25, 0.3) is 0 Å². The maximum atomic E-state index is 5.11. The molecule has 0 aromatic carbocycles. The second-order valence-corrected chi connectivity index (χ2v) is 2.86. The van der Waals surface area contributed by atoms with Gasteiger partial charge in [0.05, 0.1) is 7.11 Å². The molecule has 0 unspecified atom stereocenters. The van der Waals surface area contributed by atoms with Crippen molar-refractivity contribution < 1.29 is 4.74 Å². The van der Waals surface area contributed by atoms with Crippen LogP contribution < -0.4 is 0 Å². The number of rotatable bonds is 4. The molecule has 2 nitrogen and oxygen atoms in total. The topological polar surface area (TPSA) is 21.6 Å². The van der Waals surface area contributed by atoms with Gasteiger partial charge in [-0.15, -0.1) is 0 Å². The van der Waals surface area contributed by atoms with E-state index in [1.807, 2.05) is 6.92 Å². The van der Waals surface area contributed by atoms with E-state index in [4.69, 9.17) is 4.74 Å². The molecule has 0 aliphatic carbocycles. The van der Waals surface area contributed by atoms with Gasteiger partial charge >= 0.3 is 0 Å². The van der Waals surface area contributed by atoms with Crippen molar-refractivity contribution in [2.24, 2.45) is 10.9 Å². The molecule has 0 aliphatic heterocycles. The molecule has 2 heteroatoms. The van der Waals surface area contributed by atoms with E-state index in [1.165, 1.54) is 0 Å². The Kier molecular flexibility index (Phi) is 5.09. The SMILES string of the molecule is C=C/C=N\C(OC)=C(/C)C(C)C.